The maximum absolute atomic E-state index is 11.5. The first-order valence-corrected chi connectivity index (χ1v) is 11.2. The summed E-state index contributed by atoms with van der Waals surface area (Å²) in [6.45, 7) is 0. The summed E-state index contributed by atoms with van der Waals surface area (Å²) < 4.78 is 50.7. The Morgan fingerprint density at radius 1 is 1.25 bits per heavy atom. The van der Waals surface area contributed by atoms with Gasteiger partial charge in [0.1, 0.15) is 0 Å². The van der Waals surface area contributed by atoms with Gasteiger partial charge < -0.3 is 0 Å². The second-order valence-electron chi connectivity index (χ2n) is 4.37. The van der Waals surface area contributed by atoms with E-state index in [2.05, 4.69) is 5.32 Å². The summed E-state index contributed by atoms with van der Waals surface area (Å²) in [6, 6.07) is 5.30. The Morgan fingerprint density at radius 2 is 1.80 bits per heavy atom. The molecule has 112 valence electrons. The molecule has 9 heteroatoms. The van der Waals surface area contributed by atoms with Crippen molar-refractivity contribution in [2.24, 2.45) is 0 Å². The number of carbonyl (C=O) groups excluding carboxylic acids is 1. The number of nitrogens with one attached hydrogen (secondary N) is 1. The number of carbonyl (C=O) groups is 1. The fraction of sp³-hybridized carbons (Fsp3) is 0.364. The van der Waals surface area contributed by atoms with E-state index in [4.69, 9.17) is 8.19 Å². The molecule has 1 rings (SSSR count). The number of hydrogen-bond donors (Lipinski definition) is 3. The van der Waals surface area contributed by atoms with Gasteiger partial charge in [-0.05, 0) is 0 Å². The van der Waals surface area contributed by atoms with Crippen molar-refractivity contribution < 1.29 is 25.1 Å². The molecular weight excluding hydrogens is 349 g/mol. The monoisotopic (exact) mass is 365 g/mol. The van der Waals surface area contributed by atoms with Gasteiger partial charge in [-0.25, -0.2) is 0 Å². The van der Waals surface area contributed by atoms with Crippen molar-refractivity contribution in [2.75, 3.05) is 17.3 Å². The number of hydrogen-bond acceptors (Lipinski definition) is 4. The first-order valence-electron chi connectivity index (χ1n) is 5.72. The van der Waals surface area contributed by atoms with Gasteiger partial charge in [0.05, 0.1) is 0 Å². The van der Waals surface area contributed by atoms with Crippen LogP contribution in [0.15, 0.2) is 24.3 Å². The van der Waals surface area contributed by atoms with Crippen molar-refractivity contribution in [1.29, 1.82) is 0 Å². The zero-order valence-electron chi connectivity index (χ0n) is 10.8. The van der Waals surface area contributed by atoms with E-state index in [1.807, 2.05) is 0 Å². The van der Waals surface area contributed by atoms with Gasteiger partial charge >= 0.3 is 120 Å². The summed E-state index contributed by atoms with van der Waals surface area (Å²) in [7, 11) is -3.08. The van der Waals surface area contributed by atoms with Gasteiger partial charge in [-0.15, -0.1) is 0 Å². The molecule has 0 spiro atoms. The normalized spacial score (nSPS) is 12.2. The molecule has 0 aliphatic carbocycles. The van der Waals surface area contributed by atoms with Gasteiger partial charge in [0.25, 0.3) is 0 Å². The minimum atomic E-state index is -4.90. The SMILES string of the molecule is CS(=O)(=O)CCCC(=O)Nc1ccc([As](=O)(O)O)cc1. The molecule has 0 bridgehead atoms. The summed E-state index contributed by atoms with van der Waals surface area (Å²) in [5.74, 6) is -0.400. The Hall–Kier alpha value is -1.08. The standard InChI is InChI=1S/C11H16AsNO6S/c1-20(18,19)8-2-3-11(14)13-10-6-4-9(5-7-10)12(15,16)17/h4-7H,2-3,8H2,1H3,(H,13,14)(H2,15,16,17). The topological polar surface area (TPSA) is 121 Å². The van der Waals surface area contributed by atoms with E-state index in [9.17, 15) is 17.0 Å². The second kappa shape index (κ2) is 6.58. The Bertz CT molecular complexity index is 619. The second-order valence-corrected chi connectivity index (χ2v) is 10.00. The van der Waals surface area contributed by atoms with Crippen molar-refractivity contribution in [3.63, 3.8) is 0 Å². The van der Waals surface area contributed by atoms with Crippen LogP contribution in [-0.2, 0) is 18.4 Å². The van der Waals surface area contributed by atoms with Crippen LogP contribution in [0.2, 0.25) is 0 Å². The molecule has 0 atom stereocenters. The molecule has 0 fully saturated rings. The van der Waals surface area contributed by atoms with Crippen LogP contribution in [0, 0.1) is 0 Å². The third-order valence-corrected chi connectivity index (χ3v) is 5.47. The molecule has 0 saturated carbocycles. The molecular formula is C11H16AsNO6S. The molecule has 0 aromatic heterocycles. The summed E-state index contributed by atoms with van der Waals surface area (Å²) in [4.78, 5) is 11.5. The summed E-state index contributed by atoms with van der Waals surface area (Å²) in [5, 5.41) is 2.53. The Balaban J connectivity index is 2.53. The molecule has 7 nitrogen and oxygen atoms in total. The van der Waals surface area contributed by atoms with E-state index in [0.717, 1.165) is 6.26 Å². The van der Waals surface area contributed by atoms with Crippen molar-refractivity contribution >= 4 is 40.0 Å². The van der Waals surface area contributed by atoms with E-state index < -0.39 is 24.0 Å². The van der Waals surface area contributed by atoms with Gasteiger partial charge in [0, 0.05) is 0 Å². The van der Waals surface area contributed by atoms with Crippen molar-refractivity contribution in [3.8, 4) is 0 Å². The summed E-state index contributed by atoms with van der Waals surface area (Å²) in [6.07, 6.45) is 1.40. The first-order chi connectivity index (χ1) is 9.08. The van der Waals surface area contributed by atoms with Crippen LogP contribution >= 0.6 is 0 Å². The van der Waals surface area contributed by atoms with Crippen molar-refractivity contribution in [1.82, 2.24) is 0 Å². The molecule has 1 amide bonds. The number of sulfone groups is 1. The first kappa shape index (κ1) is 17.0. The average Bonchev–Trinajstić information content (AvgIpc) is 2.26. The predicted molar refractivity (Wildman–Crippen MR) is 74.5 cm³/mol. The van der Waals surface area contributed by atoms with E-state index in [-0.39, 0.29) is 28.9 Å². The zero-order chi connectivity index (χ0) is 15.4. The van der Waals surface area contributed by atoms with E-state index in [1.54, 1.807) is 0 Å². The van der Waals surface area contributed by atoms with Gasteiger partial charge in [0.2, 0.25) is 0 Å². The molecule has 1 aromatic carbocycles. The van der Waals surface area contributed by atoms with Gasteiger partial charge in [-0.3, -0.25) is 0 Å². The van der Waals surface area contributed by atoms with Gasteiger partial charge in [-0.1, -0.05) is 0 Å². The van der Waals surface area contributed by atoms with Crippen LogP contribution in [0.3, 0.4) is 0 Å². The van der Waals surface area contributed by atoms with Crippen molar-refractivity contribution in [3.05, 3.63) is 24.3 Å². The average molecular weight is 365 g/mol. The number of benzene rings is 1. The summed E-state index contributed by atoms with van der Waals surface area (Å²) >= 11 is -4.90. The molecule has 1 aromatic rings. The van der Waals surface area contributed by atoms with Crippen LogP contribution < -0.4 is 9.67 Å². The number of rotatable bonds is 6. The molecule has 0 heterocycles. The zero-order valence-corrected chi connectivity index (χ0v) is 13.5. The third-order valence-electron chi connectivity index (χ3n) is 2.41. The quantitative estimate of drug-likeness (QED) is 0.557. The predicted octanol–water partition coefficient (Wildman–Crippen LogP) is -0.989. The van der Waals surface area contributed by atoms with Gasteiger partial charge in [0.15, 0.2) is 0 Å². The van der Waals surface area contributed by atoms with Crippen LogP contribution in [0.25, 0.3) is 0 Å². The molecule has 3 N–H and O–H groups in total. The summed E-state index contributed by atoms with van der Waals surface area (Å²) in [5.41, 5.74) is 0.405. The Kier molecular flexibility index (Phi) is 5.58. The maximum atomic E-state index is 11.5. The van der Waals surface area contributed by atoms with Crippen LogP contribution in [0.5, 0.6) is 0 Å². The number of amides is 1. The van der Waals surface area contributed by atoms with E-state index >= 15 is 0 Å². The van der Waals surface area contributed by atoms with E-state index in [0.29, 0.717) is 5.69 Å². The molecule has 0 unspecified atom stereocenters. The molecule has 0 aliphatic rings. The molecule has 0 saturated heterocycles. The molecule has 0 aliphatic heterocycles. The fourth-order valence-electron chi connectivity index (χ4n) is 1.46. The molecule has 20 heavy (non-hydrogen) atoms. The van der Waals surface area contributed by atoms with E-state index in [1.165, 1.54) is 24.3 Å². The van der Waals surface area contributed by atoms with Crippen LogP contribution in [0.1, 0.15) is 12.8 Å². The Labute approximate surface area is 119 Å². The minimum absolute atomic E-state index is 0.0555. The van der Waals surface area contributed by atoms with Gasteiger partial charge in [-0.2, -0.15) is 0 Å². The Morgan fingerprint density at radius 3 is 2.25 bits per heavy atom. The number of anilines is 1. The van der Waals surface area contributed by atoms with Crippen LogP contribution in [0.4, 0.5) is 5.69 Å². The fourth-order valence-corrected chi connectivity index (χ4v) is 3.25. The third kappa shape index (κ3) is 6.38. The van der Waals surface area contributed by atoms with Crippen LogP contribution in [-0.4, -0.2) is 48.7 Å². The molecule has 0 radical (unpaired) electrons. The van der Waals surface area contributed by atoms with Crippen molar-refractivity contribution in [2.45, 2.75) is 12.8 Å².